The van der Waals surface area contributed by atoms with E-state index in [9.17, 15) is 19.2 Å². The van der Waals surface area contributed by atoms with Crippen molar-refractivity contribution in [1.29, 1.82) is 0 Å². The van der Waals surface area contributed by atoms with E-state index in [0.717, 1.165) is 186 Å². The molecule has 0 saturated carbocycles. The van der Waals surface area contributed by atoms with Crippen LogP contribution in [0, 0.1) is 0 Å². The third-order valence-electron chi connectivity index (χ3n) is 13.1. The van der Waals surface area contributed by atoms with E-state index in [1.54, 1.807) is 0 Å². The molecule has 0 heterocycles. The lowest BCUT2D eigenvalue weighted by Gasteiger charge is -2.20. The summed E-state index contributed by atoms with van der Waals surface area (Å²) in [5, 5.41) is 17.5. The molecule has 2 N–H and O–H groups in total. The van der Waals surface area contributed by atoms with Gasteiger partial charge in [-0.15, -0.1) is 0 Å². The van der Waals surface area contributed by atoms with Crippen LogP contribution >= 0.6 is 0 Å². The molecule has 1 atom stereocenters. The molecule has 0 aromatic rings. The molecule has 10 heteroatoms. The molecule has 0 aromatic heterocycles. The van der Waals surface area contributed by atoms with Crippen LogP contribution in [0.4, 0.5) is 4.79 Å². The summed E-state index contributed by atoms with van der Waals surface area (Å²) in [7, 11) is 4.00. The Balaban J connectivity index is 4.91. The zero-order valence-electron chi connectivity index (χ0n) is 46.1. The van der Waals surface area contributed by atoms with Gasteiger partial charge in [0, 0.05) is 25.8 Å². The molecule has 412 valence electrons. The Bertz CT molecular complexity index is 1280. The minimum Gasteiger partial charge on any atom is -0.481 e. The average molecular weight is 1000 g/mol. The van der Waals surface area contributed by atoms with Gasteiger partial charge in [0.2, 0.25) is 0 Å². The molecule has 0 spiro atoms. The van der Waals surface area contributed by atoms with Gasteiger partial charge in [0.25, 0.3) is 0 Å². The maximum Gasteiger partial charge on any atom is 0.508 e. The minimum atomic E-state index is -0.696. The number of nitrogens with zero attached hydrogens (tertiary/aromatic N) is 1. The molecule has 0 amide bonds. The first-order valence-corrected chi connectivity index (χ1v) is 29.3. The Morgan fingerprint density at radius 2 is 0.761 bits per heavy atom. The summed E-state index contributed by atoms with van der Waals surface area (Å²) in [5.41, 5.74) is 0. The van der Waals surface area contributed by atoms with Crippen molar-refractivity contribution >= 4 is 24.1 Å². The summed E-state index contributed by atoms with van der Waals surface area (Å²) in [6, 6.07) is 0. The zero-order valence-corrected chi connectivity index (χ0v) is 46.1. The number of hydrogen-bond donors (Lipinski definition) is 2. The van der Waals surface area contributed by atoms with Crippen LogP contribution < -0.4 is 0 Å². The van der Waals surface area contributed by atoms with E-state index in [0.29, 0.717) is 13.0 Å². The third-order valence-corrected chi connectivity index (χ3v) is 13.1. The van der Waals surface area contributed by atoms with Crippen LogP contribution in [0.3, 0.4) is 0 Å². The number of rotatable bonds is 54. The van der Waals surface area contributed by atoms with Crippen LogP contribution in [0.2, 0.25) is 0 Å². The van der Waals surface area contributed by atoms with Gasteiger partial charge in [-0.25, -0.2) is 4.79 Å². The average Bonchev–Trinajstić information content (AvgIpc) is 3.33. The van der Waals surface area contributed by atoms with Crippen molar-refractivity contribution in [2.75, 3.05) is 27.2 Å². The molecule has 0 radical (unpaired) electrons. The largest absolute Gasteiger partial charge is 0.508 e. The lowest BCUT2D eigenvalue weighted by molar-refractivity contribution is -0.150. The van der Waals surface area contributed by atoms with Gasteiger partial charge in [-0.2, -0.15) is 0 Å². The first-order valence-electron chi connectivity index (χ1n) is 29.3. The van der Waals surface area contributed by atoms with Crippen LogP contribution in [0.15, 0.2) is 48.6 Å². The van der Waals surface area contributed by atoms with Crippen molar-refractivity contribution in [3.05, 3.63) is 48.6 Å². The first kappa shape index (κ1) is 67.6. The summed E-state index contributed by atoms with van der Waals surface area (Å²) in [6.07, 6.45) is 59.7. The van der Waals surface area contributed by atoms with E-state index in [-0.39, 0.29) is 37.4 Å². The molecular weight excluding hydrogens is 891 g/mol. The number of allylic oxidation sites excluding steroid dienone is 8. The number of hydrogen-bond acceptors (Lipinski definition) is 8. The highest BCUT2D eigenvalue weighted by Crippen LogP contribution is 2.21. The number of carbonyl (C=O) groups excluding carboxylic acids is 2. The van der Waals surface area contributed by atoms with Gasteiger partial charge in [0.05, 0.1) is 6.61 Å². The number of aliphatic carboxylic acids is 2. The molecule has 1 unspecified atom stereocenters. The summed E-state index contributed by atoms with van der Waals surface area (Å²) in [5.74, 6) is -1.58. The Morgan fingerprint density at radius 3 is 1.14 bits per heavy atom. The number of carbonyl (C=O) groups is 4. The number of carboxylic acid groups (broad SMARTS) is 2. The van der Waals surface area contributed by atoms with E-state index < -0.39 is 18.1 Å². The smallest absolute Gasteiger partial charge is 0.481 e. The lowest BCUT2D eigenvalue weighted by atomic mass is 10.0. The number of esters is 1. The van der Waals surface area contributed by atoms with Gasteiger partial charge in [-0.05, 0) is 143 Å². The molecule has 10 nitrogen and oxygen atoms in total. The second kappa shape index (κ2) is 54.4. The Hall–Kier alpha value is -3.40. The maximum atomic E-state index is 13.4. The molecule has 0 bridgehead atoms. The van der Waals surface area contributed by atoms with Crippen molar-refractivity contribution < 1.29 is 43.6 Å². The Morgan fingerprint density at radius 1 is 0.408 bits per heavy atom. The second-order valence-corrected chi connectivity index (χ2v) is 20.4. The molecule has 0 rings (SSSR count). The standard InChI is InChI=1S/C61H109NO9/c1-4-5-6-7-8-9-26-33-38-43-49-57(71-61(68)69-55-46-54-62(2)3)52-53-60(67)70-56(47-41-36-31-27-22-18-14-10-12-16-20-24-29-34-39-44-50-58(63)64)48-42-37-32-28-23-19-15-11-13-17-21-25-30-35-40-45-51-59(65)66/h12-19,56-57H,4-11,20-55H2,1-3H3,(H,63,64)(H,65,66)/b16-12-,17-13-,18-14-,19-15-. The van der Waals surface area contributed by atoms with Crippen molar-refractivity contribution in [2.45, 2.75) is 289 Å². The molecule has 0 saturated heterocycles. The summed E-state index contributed by atoms with van der Waals surface area (Å²) in [6.45, 7) is 3.41. The van der Waals surface area contributed by atoms with Gasteiger partial charge in [0.1, 0.15) is 12.2 Å². The zero-order chi connectivity index (χ0) is 51.9. The minimum absolute atomic E-state index is 0.0854. The highest BCUT2D eigenvalue weighted by Gasteiger charge is 2.20. The van der Waals surface area contributed by atoms with Crippen LogP contribution in [-0.2, 0) is 28.6 Å². The fourth-order valence-corrected chi connectivity index (χ4v) is 8.74. The highest BCUT2D eigenvalue weighted by molar-refractivity contribution is 5.69. The molecule has 71 heavy (non-hydrogen) atoms. The number of ether oxygens (including phenoxy) is 3. The number of carboxylic acids is 2. The quantitative estimate of drug-likeness (QED) is 0.0344. The van der Waals surface area contributed by atoms with E-state index in [2.05, 4.69) is 60.4 Å². The van der Waals surface area contributed by atoms with Crippen LogP contribution in [-0.4, -0.2) is 78.6 Å². The topological polar surface area (TPSA) is 140 Å². The predicted octanol–water partition coefficient (Wildman–Crippen LogP) is 17.8. The first-order chi connectivity index (χ1) is 34.6. The van der Waals surface area contributed by atoms with Gasteiger partial charge in [0.15, 0.2) is 0 Å². The van der Waals surface area contributed by atoms with Gasteiger partial charge >= 0.3 is 24.1 Å². The Labute approximate surface area is 435 Å². The fraction of sp³-hybridized carbons (Fsp3) is 0.803. The van der Waals surface area contributed by atoms with Crippen molar-refractivity contribution in [3.8, 4) is 0 Å². The van der Waals surface area contributed by atoms with Crippen molar-refractivity contribution in [2.24, 2.45) is 0 Å². The maximum absolute atomic E-state index is 13.4. The SMILES string of the molecule is CCCCCCCCCCCCC(CCC(=O)OC(CCCCCC/C=C\C/C=C\CCCCCCCC(=O)O)CCCCCC/C=C\C/C=C\CCCCCCCC(=O)O)OC(=O)OCCCN(C)C. The fourth-order valence-electron chi connectivity index (χ4n) is 8.74. The van der Waals surface area contributed by atoms with Gasteiger partial charge < -0.3 is 29.3 Å². The number of unbranched alkanes of at least 4 members (excludes halogenated alkanes) is 27. The predicted molar refractivity (Wildman–Crippen MR) is 296 cm³/mol. The molecule has 0 aliphatic heterocycles. The molecule has 0 aliphatic rings. The van der Waals surface area contributed by atoms with Crippen LogP contribution in [0.5, 0.6) is 0 Å². The van der Waals surface area contributed by atoms with E-state index >= 15 is 0 Å². The van der Waals surface area contributed by atoms with E-state index in [1.165, 1.54) is 64.2 Å². The molecule has 0 aliphatic carbocycles. The van der Waals surface area contributed by atoms with Gasteiger partial charge in [-0.3, -0.25) is 14.4 Å². The van der Waals surface area contributed by atoms with Crippen LogP contribution in [0.25, 0.3) is 0 Å². The summed E-state index contributed by atoms with van der Waals surface area (Å²) >= 11 is 0. The van der Waals surface area contributed by atoms with Crippen molar-refractivity contribution in [1.82, 2.24) is 4.90 Å². The second-order valence-electron chi connectivity index (χ2n) is 20.4. The molecule has 0 fully saturated rings. The highest BCUT2D eigenvalue weighted by atomic mass is 16.7. The van der Waals surface area contributed by atoms with Crippen LogP contribution in [0.1, 0.15) is 277 Å². The molecule has 0 aromatic carbocycles. The van der Waals surface area contributed by atoms with Crippen molar-refractivity contribution in [3.63, 3.8) is 0 Å². The summed E-state index contributed by atoms with van der Waals surface area (Å²) in [4.78, 5) is 49.4. The van der Waals surface area contributed by atoms with E-state index in [1.807, 2.05) is 14.1 Å². The summed E-state index contributed by atoms with van der Waals surface area (Å²) < 4.78 is 17.4. The molecular formula is C61H109NO9. The van der Waals surface area contributed by atoms with E-state index in [4.69, 9.17) is 24.4 Å². The normalized spacial score (nSPS) is 12.4. The third kappa shape index (κ3) is 55.8. The lowest BCUT2D eigenvalue weighted by Crippen LogP contribution is -2.23. The Kier molecular flexibility index (Phi) is 51.8. The monoisotopic (exact) mass is 1000 g/mol. The van der Waals surface area contributed by atoms with Gasteiger partial charge in [-0.1, -0.05) is 178 Å².